The molecule has 0 radical (unpaired) electrons. The molecule has 2 N–H and O–H groups in total. The van der Waals surface area contributed by atoms with Crippen LogP contribution in [0.3, 0.4) is 0 Å². The first-order chi connectivity index (χ1) is 15.8. The van der Waals surface area contributed by atoms with Crippen LogP contribution in [-0.2, 0) is 29.1 Å². The van der Waals surface area contributed by atoms with E-state index < -0.39 is 11.9 Å². The molecular weight excluding hydrogens is 490 g/mol. The first-order valence-electron chi connectivity index (χ1n) is 14.3. The second-order valence-corrected chi connectivity index (χ2v) is 12.6. The summed E-state index contributed by atoms with van der Waals surface area (Å²) in [4.78, 5) is 20.6. The van der Waals surface area contributed by atoms with E-state index in [-0.39, 0.29) is 19.5 Å². The van der Waals surface area contributed by atoms with Crippen LogP contribution < -0.4 is 0 Å². The molecule has 5 heteroatoms. The third kappa shape index (κ3) is 44.0. The molecule has 0 aromatic heterocycles. The van der Waals surface area contributed by atoms with Crippen molar-refractivity contribution in [3.8, 4) is 0 Å². The van der Waals surface area contributed by atoms with Crippen LogP contribution in [0.25, 0.3) is 0 Å². The van der Waals surface area contributed by atoms with Crippen molar-refractivity contribution in [1.82, 2.24) is 0 Å². The molecule has 0 heterocycles. The number of unbranched alkanes of at least 4 members (excludes halogenated alkanes) is 14. The summed E-state index contributed by atoms with van der Waals surface area (Å²) >= 11 is 0. The fourth-order valence-electron chi connectivity index (χ4n) is 3.98. The van der Waals surface area contributed by atoms with Crippen molar-refractivity contribution in [2.45, 2.75) is 170 Å². The predicted molar refractivity (Wildman–Crippen MR) is 147 cm³/mol. The Balaban J connectivity index is -0.000000569. The van der Waals surface area contributed by atoms with Gasteiger partial charge in [0.15, 0.2) is 0 Å². The van der Waals surface area contributed by atoms with E-state index in [0.29, 0.717) is 23.7 Å². The third-order valence-electron chi connectivity index (χ3n) is 6.13. The second kappa shape index (κ2) is 25.2. The fourth-order valence-corrected chi connectivity index (χ4v) is 3.98. The van der Waals surface area contributed by atoms with Crippen LogP contribution in [-0.4, -0.2) is 22.2 Å². The molecule has 0 bridgehead atoms. The molecule has 206 valence electrons. The summed E-state index contributed by atoms with van der Waals surface area (Å²) in [6.45, 7) is 13.8. The maximum absolute atomic E-state index is 10.3. The molecule has 0 spiro atoms. The van der Waals surface area contributed by atoms with Crippen molar-refractivity contribution < 1.29 is 39.3 Å². The molecule has 0 atom stereocenters. The van der Waals surface area contributed by atoms with E-state index in [1.54, 1.807) is 0 Å². The Labute approximate surface area is 231 Å². The molecule has 0 aromatic rings. The van der Waals surface area contributed by atoms with Crippen molar-refractivity contribution in [2.75, 3.05) is 0 Å². The van der Waals surface area contributed by atoms with Crippen molar-refractivity contribution in [3.63, 3.8) is 0 Å². The van der Waals surface area contributed by atoms with Crippen LogP contribution in [0.5, 0.6) is 0 Å². The topological polar surface area (TPSA) is 74.6 Å². The zero-order valence-electron chi connectivity index (χ0n) is 24.6. The fraction of sp³-hybridized carbons (Fsp3) is 0.933. The minimum atomic E-state index is -0.660. The predicted octanol–water partition coefficient (Wildman–Crippen LogP) is 10.0. The maximum atomic E-state index is 10.3. The molecule has 0 aliphatic rings. The number of rotatable bonds is 20. The molecule has 0 rings (SSSR count). The van der Waals surface area contributed by atoms with Crippen LogP contribution >= 0.6 is 0 Å². The molecule has 0 aromatic carbocycles. The first kappa shape index (κ1) is 39.1. The van der Waals surface area contributed by atoms with Crippen molar-refractivity contribution in [1.29, 1.82) is 0 Å². The van der Waals surface area contributed by atoms with Gasteiger partial charge in [-0.3, -0.25) is 9.59 Å². The van der Waals surface area contributed by atoms with Gasteiger partial charge < -0.3 is 10.2 Å². The Kier molecular flexibility index (Phi) is 28.2. The van der Waals surface area contributed by atoms with Gasteiger partial charge in [0.05, 0.1) is 0 Å². The summed E-state index contributed by atoms with van der Waals surface area (Å²) in [6, 6.07) is 0. The standard InChI is InChI=1S/2C15H30O2.Zn/c2*1-15(2,3)13-11-9-7-5-4-6-8-10-12-14(16)17;/h2*4-13H2,1-3H3,(H,16,17);. The van der Waals surface area contributed by atoms with Crippen molar-refractivity contribution >= 4 is 11.9 Å². The Hall–Kier alpha value is -0.437. The first-order valence-corrected chi connectivity index (χ1v) is 14.3. The van der Waals surface area contributed by atoms with Crippen LogP contribution in [0.15, 0.2) is 0 Å². The Morgan fingerprint density at radius 2 is 0.629 bits per heavy atom. The third-order valence-corrected chi connectivity index (χ3v) is 6.13. The van der Waals surface area contributed by atoms with E-state index in [9.17, 15) is 9.59 Å². The molecule has 0 saturated heterocycles. The number of hydrogen-bond acceptors (Lipinski definition) is 2. The molecule has 0 amide bonds. The Bertz CT molecular complexity index is 434. The van der Waals surface area contributed by atoms with Gasteiger partial charge in [-0.1, -0.05) is 131 Å². The van der Waals surface area contributed by atoms with Crippen LogP contribution in [0.1, 0.15) is 170 Å². The van der Waals surface area contributed by atoms with Gasteiger partial charge in [-0.05, 0) is 36.5 Å². The molecule has 0 unspecified atom stereocenters. The molecule has 35 heavy (non-hydrogen) atoms. The summed E-state index contributed by atoms with van der Waals surface area (Å²) < 4.78 is 0. The Morgan fingerprint density at radius 1 is 0.429 bits per heavy atom. The number of hydrogen-bond donors (Lipinski definition) is 2. The minimum Gasteiger partial charge on any atom is -0.481 e. The molecule has 0 saturated carbocycles. The Morgan fingerprint density at radius 3 is 0.829 bits per heavy atom. The summed E-state index contributed by atoms with van der Waals surface area (Å²) in [7, 11) is 0. The van der Waals surface area contributed by atoms with E-state index in [2.05, 4.69) is 41.5 Å². The van der Waals surface area contributed by atoms with Gasteiger partial charge in [-0.15, -0.1) is 0 Å². The molecule has 0 aliphatic carbocycles. The summed E-state index contributed by atoms with van der Waals surface area (Å²) in [5.41, 5.74) is 0.966. The number of carboxylic acids is 2. The monoisotopic (exact) mass is 548 g/mol. The number of aliphatic carboxylic acids is 2. The zero-order valence-corrected chi connectivity index (χ0v) is 27.5. The van der Waals surface area contributed by atoms with Gasteiger partial charge >= 0.3 is 11.9 Å². The summed E-state index contributed by atoms with van der Waals surface area (Å²) in [5.74, 6) is -1.32. The van der Waals surface area contributed by atoms with Gasteiger partial charge in [0.25, 0.3) is 0 Å². The SMILES string of the molecule is CC(C)(C)CCCCCCCCCCC(=O)O.CC(C)(C)CCCCCCCCCCC(=O)O.[Zn]. The van der Waals surface area contributed by atoms with Gasteiger partial charge in [-0.25, -0.2) is 0 Å². The largest absolute Gasteiger partial charge is 0.481 e. The van der Waals surface area contributed by atoms with E-state index >= 15 is 0 Å². The average molecular weight is 550 g/mol. The minimum absolute atomic E-state index is 0. The molecule has 0 fully saturated rings. The van der Waals surface area contributed by atoms with Gasteiger partial charge in [0, 0.05) is 32.3 Å². The van der Waals surface area contributed by atoms with Gasteiger partial charge in [-0.2, -0.15) is 0 Å². The quantitative estimate of drug-likeness (QED) is 0.117. The molecular formula is C30H60O4Zn. The van der Waals surface area contributed by atoms with Crippen molar-refractivity contribution in [3.05, 3.63) is 0 Å². The molecule has 4 nitrogen and oxygen atoms in total. The van der Waals surface area contributed by atoms with E-state index in [1.807, 2.05) is 0 Å². The molecule has 0 aliphatic heterocycles. The van der Waals surface area contributed by atoms with Crippen molar-refractivity contribution in [2.24, 2.45) is 10.8 Å². The summed E-state index contributed by atoms with van der Waals surface area (Å²) in [5, 5.41) is 17.0. The summed E-state index contributed by atoms with van der Waals surface area (Å²) in [6.07, 6.45) is 22.8. The van der Waals surface area contributed by atoms with Gasteiger partial charge in [0.2, 0.25) is 0 Å². The smallest absolute Gasteiger partial charge is 0.303 e. The normalized spacial score (nSPS) is 11.4. The van der Waals surface area contributed by atoms with Crippen LogP contribution in [0.4, 0.5) is 0 Å². The second-order valence-electron chi connectivity index (χ2n) is 12.6. The maximum Gasteiger partial charge on any atom is 0.303 e. The number of carboxylic acid groups (broad SMARTS) is 2. The zero-order chi connectivity index (χ0) is 26.3. The van der Waals surface area contributed by atoms with E-state index in [1.165, 1.54) is 89.9 Å². The van der Waals surface area contributed by atoms with E-state index in [4.69, 9.17) is 10.2 Å². The van der Waals surface area contributed by atoms with Crippen LogP contribution in [0.2, 0.25) is 0 Å². The van der Waals surface area contributed by atoms with Crippen LogP contribution in [0, 0.1) is 10.8 Å². The number of carbonyl (C=O) groups is 2. The van der Waals surface area contributed by atoms with Gasteiger partial charge in [0.1, 0.15) is 0 Å². The van der Waals surface area contributed by atoms with E-state index in [0.717, 1.165) is 25.7 Å². The average Bonchev–Trinajstić information content (AvgIpc) is 2.69.